The van der Waals surface area contributed by atoms with E-state index in [0.717, 1.165) is 13.2 Å². The van der Waals surface area contributed by atoms with E-state index in [1.54, 1.807) is 12.7 Å². The largest absolute Gasteiger partial charge is 0.383 e. The molecular weight excluding hydrogens is 174 g/mol. The van der Waals surface area contributed by atoms with Gasteiger partial charge in [-0.25, -0.2) is 0 Å². The van der Waals surface area contributed by atoms with E-state index < -0.39 is 0 Å². The molecule has 0 saturated heterocycles. The van der Waals surface area contributed by atoms with Gasteiger partial charge in [0.15, 0.2) is 0 Å². The zero-order valence-electron chi connectivity index (χ0n) is 9.51. The highest BCUT2D eigenvalue weighted by Crippen LogP contribution is 2.20. The predicted molar refractivity (Wildman–Crippen MR) is 60.5 cm³/mol. The third-order valence-electron chi connectivity index (χ3n) is 2.75. The fraction of sp³-hybridized carbons (Fsp3) is 0.833. The molecule has 0 radical (unpaired) electrons. The summed E-state index contributed by atoms with van der Waals surface area (Å²) in [5.41, 5.74) is 1.56. The maximum Gasteiger partial charge on any atom is 0.0654 e. The fourth-order valence-corrected chi connectivity index (χ4v) is 1.96. The molecule has 2 heteroatoms. The van der Waals surface area contributed by atoms with Gasteiger partial charge < -0.3 is 10.1 Å². The summed E-state index contributed by atoms with van der Waals surface area (Å²) >= 11 is 0. The molecule has 0 aromatic heterocycles. The molecule has 1 aliphatic carbocycles. The van der Waals surface area contributed by atoms with Crippen LogP contribution in [0.4, 0.5) is 0 Å². The van der Waals surface area contributed by atoms with Crippen LogP contribution in [0.3, 0.4) is 0 Å². The van der Waals surface area contributed by atoms with Crippen LogP contribution in [-0.2, 0) is 4.74 Å². The smallest absolute Gasteiger partial charge is 0.0654 e. The molecule has 0 heterocycles. The van der Waals surface area contributed by atoms with Gasteiger partial charge in [-0.3, -0.25) is 0 Å². The average molecular weight is 197 g/mol. The Hall–Kier alpha value is -0.340. The summed E-state index contributed by atoms with van der Waals surface area (Å²) in [4.78, 5) is 0. The van der Waals surface area contributed by atoms with Crippen molar-refractivity contribution in [2.45, 2.75) is 45.1 Å². The third-order valence-corrected chi connectivity index (χ3v) is 2.75. The molecule has 1 aliphatic rings. The van der Waals surface area contributed by atoms with Gasteiger partial charge in [0.2, 0.25) is 0 Å². The number of methoxy groups -OCH3 is 1. The number of hydrogen-bond donors (Lipinski definition) is 1. The Labute approximate surface area is 87.7 Å². The second-order valence-electron chi connectivity index (χ2n) is 3.99. The molecule has 0 spiro atoms. The van der Waals surface area contributed by atoms with E-state index in [2.05, 4.69) is 18.3 Å². The van der Waals surface area contributed by atoms with Crippen molar-refractivity contribution < 1.29 is 4.74 Å². The summed E-state index contributed by atoms with van der Waals surface area (Å²) in [5, 5.41) is 3.55. The van der Waals surface area contributed by atoms with Gasteiger partial charge >= 0.3 is 0 Å². The van der Waals surface area contributed by atoms with Crippen LogP contribution in [0, 0.1) is 0 Å². The third kappa shape index (κ3) is 3.81. The van der Waals surface area contributed by atoms with Gasteiger partial charge in [0, 0.05) is 7.11 Å². The van der Waals surface area contributed by atoms with Gasteiger partial charge in [-0.1, -0.05) is 18.6 Å². The second-order valence-corrected chi connectivity index (χ2v) is 3.99. The number of hydrogen-bond acceptors (Lipinski definition) is 2. The van der Waals surface area contributed by atoms with Crippen molar-refractivity contribution in [2.24, 2.45) is 0 Å². The minimum atomic E-state index is 0.459. The van der Waals surface area contributed by atoms with Crippen LogP contribution in [0.25, 0.3) is 0 Å². The zero-order chi connectivity index (χ0) is 10.2. The molecule has 14 heavy (non-hydrogen) atoms. The lowest BCUT2D eigenvalue weighted by atomic mass is 9.94. The van der Waals surface area contributed by atoms with Crippen molar-refractivity contribution in [3.8, 4) is 0 Å². The quantitative estimate of drug-likeness (QED) is 0.661. The number of nitrogens with one attached hydrogen (secondary N) is 1. The summed E-state index contributed by atoms with van der Waals surface area (Å²) in [6.45, 7) is 4.10. The Bertz CT molecular complexity index is 177. The summed E-state index contributed by atoms with van der Waals surface area (Å²) in [6, 6.07) is 0.459. The van der Waals surface area contributed by atoms with Crippen molar-refractivity contribution in [2.75, 3.05) is 20.3 Å². The van der Waals surface area contributed by atoms with E-state index in [4.69, 9.17) is 4.74 Å². The Morgan fingerprint density at radius 3 is 2.93 bits per heavy atom. The van der Waals surface area contributed by atoms with E-state index in [0.29, 0.717) is 6.04 Å². The lowest BCUT2D eigenvalue weighted by molar-refractivity contribution is 0.175. The Balaban J connectivity index is 2.42. The molecule has 82 valence electrons. The van der Waals surface area contributed by atoms with Crippen molar-refractivity contribution in [1.29, 1.82) is 0 Å². The molecule has 2 nitrogen and oxygen atoms in total. The Morgan fingerprint density at radius 2 is 2.36 bits per heavy atom. The van der Waals surface area contributed by atoms with Crippen LogP contribution in [0.5, 0.6) is 0 Å². The molecule has 1 rings (SSSR count). The molecule has 0 bridgehead atoms. The number of ether oxygens (including phenoxy) is 1. The first kappa shape index (κ1) is 11.7. The fourth-order valence-electron chi connectivity index (χ4n) is 1.96. The number of rotatable bonds is 6. The molecule has 1 atom stereocenters. The average Bonchev–Trinajstić information content (AvgIpc) is 2.25. The van der Waals surface area contributed by atoms with Gasteiger partial charge in [0.05, 0.1) is 12.6 Å². The van der Waals surface area contributed by atoms with Crippen LogP contribution >= 0.6 is 0 Å². The van der Waals surface area contributed by atoms with Gasteiger partial charge in [0.1, 0.15) is 0 Å². The molecule has 0 amide bonds. The van der Waals surface area contributed by atoms with E-state index in [9.17, 15) is 0 Å². The topological polar surface area (TPSA) is 21.3 Å². The normalized spacial score (nSPS) is 19.1. The van der Waals surface area contributed by atoms with Crippen LogP contribution < -0.4 is 5.32 Å². The first-order valence-corrected chi connectivity index (χ1v) is 5.79. The van der Waals surface area contributed by atoms with Crippen LogP contribution in [-0.4, -0.2) is 26.3 Å². The van der Waals surface area contributed by atoms with Gasteiger partial charge in [-0.15, -0.1) is 0 Å². The lowest BCUT2D eigenvalue weighted by Gasteiger charge is -2.23. The molecule has 1 unspecified atom stereocenters. The Kier molecular flexibility index (Phi) is 5.88. The van der Waals surface area contributed by atoms with Gasteiger partial charge in [0.25, 0.3) is 0 Å². The molecule has 1 N–H and O–H groups in total. The van der Waals surface area contributed by atoms with E-state index >= 15 is 0 Å². The standard InChI is InChI=1S/C12H23NO/c1-3-9-13-12(10-14-2)11-7-5-4-6-8-11/h7,12-13H,3-6,8-10H2,1-2H3. The van der Waals surface area contributed by atoms with Crippen molar-refractivity contribution in [3.63, 3.8) is 0 Å². The van der Waals surface area contributed by atoms with E-state index in [1.165, 1.54) is 32.1 Å². The molecule has 0 aromatic carbocycles. The van der Waals surface area contributed by atoms with Crippen molar-refractivity contribution in [1.82, 2.24) is 5.32 Å². The Morgan fingerprint density at radius 1 is 1.50 bits per heavy atom. The summed E-state index contributed by atoms with van der Waals surface area (Å²) in [7, 11) is 1.78. The molecule has 0 aromatic rings. The van der Waals surface area contributed by atoms with E-state index in [1.807, 2.05) is 0 Å². The summed E-state index contributed by atoms with van der Waals surface area (Å²) in [6.07, 6.45) is 8.80. The number of allylic oxidation sites excluding steroid dienone is 1. The SMILES string of the molecule is CCCNC(COC)C1=CCCCC1. The van der Waals surface area contributed by atoms with E-state index in [-0.39, 0.29) is 0 Å². The maximum atomic E-state index is 5.25. The molecule has 0 aliphatic heterocycles. The highest BCUT2D eigenvalue weighted by Gasteiger charge is 2.14. The van der Waals surface area contributed by atoms with Gasteiger partial charge in [-0.05, 0) is 38.6 Å². The molecule has 0 saturated carbocycles. The first-order chi connectivity index (χ1) is 6.88. The first-order valence-electron chi connectivity index (χ1n) is 5.79. The molecule has 0 fully saturated rings. The minimum Gasteiger partial charge on any atom is -0.383 e. The molecular formula is C12H23NO. The second kappa shape index (κ2) is 7.02. The van der Waals surface area contributed by atoms with Crippen LogP contribution in [0.2, 0.25) is 0 Å². The van der Waals surface area contributed by atoms with Crippen LogP contribution in [0.1, 0.15) is 39.0 Å². The van der Waals surface area contributed by atoms with Crippen molar-refractivity contribution >= 4 is 0 Å². The highest BCUT2D eigenvalue weighted by molar-refractivity contribution is 5.13. The van der Waals surface area contributed by atoms with Gasteiger partial charge in [-0.2, -0.15) is 0 Å². The monoisotopic (exact) mass is 197 g/mol. The minimum absolute atomic E-state index is 0.459. The zero-order valence-corrected chi connectivity index (χ0v) is 9.51. The van der Waals surface area contributed by atoms with Crippen molar-refractivity contribution in [3.05, 3.63) is 11.6 Å². The maximum absolute atomic E-state index is 5.25. The highest BCUT2D eigenvalue weighted by atomic mass is 16.5. The lowest BCUT2D eigenvalue weighted by Crippen LogP contribution is -2.36. The summed E-state index contributed by atoms with van der Waals surface area (Å²) < 4.78 is 5.25. The predicted octanol–water partition coefficient (Wildman–Crippen LogP) is 2.50. The van der Waals surface area contributed by atoms with Crippen LogP contribution in [0.15, 0.2) is 11.6 Å². The summed E-state index contributed by atoms with van der Waals surface area (Å²) in [5.74, 6) is 0.